The molecule has 3 heterocycles. The molecule has 8 nitrogen and oxygen atoms in total. The number of pyridine rings is 1. The fourth-order valence-electron chi connectivity index (χ4n) is 4.01. The molecule has 35 heavy (non-hydrogen) atoms. The van der Waals surface area contributed by atoms with Crippen molar-refractivity contribution in [1.82, 2.24) is 9.88 Å². The van der Waals surface area contributed by atoms with Crippen LogP contribution in [-0.2, 0) is 11.3 Å². The first-order valence-electron chi connectivity index (χ1n) is 11.9. The number of hydrogen-bond acceptors (Lipinski definition) is 7. The maximum atomic E-state index is 13.2. The number of fused-ring (bicyclic) bond motifs is 3. The quantitative estimate of drug-likeness (QED) is 0.546. The van der Waals surface area contributed by atoms with Gasteiger partial charge in [-0.05, 0) is 49.6 Å². The van der Waals surface area contributed by atoms with Gasteiger partial charge in [-0.3, -0.25) is 4.79 Å². The highest BCUT2D eigenvalue weighted by Crippen LogP contribution is 2.34. The summed E-state index contributed by atoms with van der Waals surface area (Å²) in [5, 5.41) is 0. The molecule has 1 amide bonds. The third kappa shape index (κ3) is 5.77. The Kier molecular flexibility index (Phi) is 7.17. The Bertz CT molecular complexity index is 1170. The van der Waals surface area contributed by atoms with E-state index in [9.17, 15) is 4.79 Å². The minimum Gasteiger partial charge on any atom is -0.490 e. The molecule has 3 aromatic rings. The Morgan fingerprint density at radius 1 is 0.857 bits per heavy atom. The molecule has 2 aromatic carbocycles. The molecule has 1 aromatic heterocycles. The second-order valence-corrected chi connectivity index (χ2v) is 8.34. The minimum atomic E-state index is -0.110. The Morgan fingerprint density at radius 3 is 2.57 bits per heavy atom. The van der Waals surface area contributed by atoms with Crippen LogP contribution in [0.2, 0.25) is 0 Å². The Balaban J connectivity index is 1.32. The van der Waals surface area contributed by atoms with Gasteiger partial charge in [-0.15, -0.1) is 0 Å². The van der Waals surface area contributed by atoms with Crippen molar-refractivity contribution in [3.63, 3.8) is 0 Å². The predicted molar refractivity (Wildman–Crippen MR) is 128 cm³/mol. The molecule has 0 N–H and O–H groups in total. The van der Waals surface area contributed by atoms with E-state index >= 15 is 0 Å². The van der Waals surface area contributed by atoms with Gasteiger partial charge in [-0.1, -0.05) is 18.2 Å². The molecule has 2 aliphatic heterocycles. The van der Waals surface area contributed by atoms with E-state index in [0.717, 1.165) is 24.8 Å². The smallest absolute Gasteiger partial charge is 0.260 e. The monoisotopic (exact) mass is 476 g/mol. The number of benzene rings is 2. The summed E-state index contributed by atoms with van der Waals surface area (Å²) in [5.41, 5.74) is 0.814. The number of amides is 1. The van der Waals surface area contributed by atoms with Gasteiger partial charge in [0.1, 0.15) is 19.0 Å². The third-order valence-corrected chi connectivity index (χ3v) is 5.83. The van der Waals surface area contributed by atoms with E-state index in [1.54, 1.807) is 29.3 Å². The van der Waals surface area contributed by atoms with Gasteiger partial charge >= 0.3 is 0 Å². The van der Waals surface area contributed by atoms with E-state index in [4.69, 9.17) is 23.7 Å². The number of nitrogens with zero attached hydrogens (tertiary/aromatic N) is 2. The average molecular weight is 477 g/mol. The molecule has 0 bridgehead atoms. The summed E-state index contributed by atoms with van der Waals surface area (Å²) in [6.45, 7) is 2.49. The molecule has 0 unspecified atom stereocenters. The molecule has 0 fully saturated rings. The lowest BCUT2D eigenvalue weighted by atomic mass is 10.2. The van der Waals surface area contributed by atoms with E-state index in [2.05, 4.69) is 4.98 Å². The van der Waals surface area contributed by atoms with Crippen molar-refractivity contribution >= 4 is 5.91 Å². The number of para-hydroxylation sites is 2. The molecule has 0 spiro atoms. The highest BCUT2D eigenvalue weighted by atomic mass is 16.6. The summed E-state index contributed by atoms with van der Waals surface area (Å²) in [5.74, 6) is 3.50. The van der Waals surface area contributed by atoms with Crippen molar-refractivity contribution in [1.29, 1.82) is 0 Å². The van der Waals surface area contributed by atoms with Crippen LogP contribution in [0.25, 0.3) is 0 Å². The first-order chi connectivity index (χ1) is 17.3. The summed E-state index contributed by atoms with van der Waals surface area (Å²) >= 11 is 0. The van der Waals surface area contributed by atoms with Crippen LogP contribution in [0.15, 0.2) is 60.8 Å². The van der Waals surface area contributed by atoms with Gasteiger partial charge in [0.15, 0.2) is 29.6 Å². The molecule has 182 valence electrons. The van der Waals surface area contributed by atoms with E-state index < -0.39 is 0 Å². The number of aromatic nitrogens is 1. The zero-order valence-electron chi connectivity index (χ0n) is 19.5. The van der Waals surface area contributed by atoms with Crippen LogP contribution in [-0.4, -0.2) is 48.8 Å². The van der Waals surface area contributed by atoms with Crippen LogP contribution in [0.4, 0.5) is 0 Å². The van der Waals surface area contributed by atoms with E-state index in [0.29, 0.717) is 67.5 Å². The van der Waals surface area contributed by atoms with Crippen LogP contribution < -0.4 is 23.7 Å². The minimum absolute atomic E-state index is 0.0813. The SMILES string of the molecule is O=C(COc1ccc2c(c1)OCCO2)N1CCCCCOc2ccccc2Oc2ncccc2C1. The number of rotatable bonds is 3. The van der Waals surface area contributed by atoms with Gasteiger partial charge in [0.05, 0.1) is 13.2 Å². The zero-order chi connectivity index (χ0) is 23.9. The zero-order valence-corrected chi connectivity index (χ0v) is 19.5. The van der Waals surface area contributed by atoms with Gasteiger partial charge in [0, 0.05) is 24.4 Å². The van der Waals surface area contributed by atoms with Gasteiger partial charge in [0.2, 0.25) is 5.88 Å². The number of hydrogen-bond donors (Lipinski definition) is 0. The summed E-state index contributed by atoms with van der Waals surface area (Å²) in [6.07, 6.45) is 4.36. The molecule has 0 saturated heterocycles. The molecule has 2 aliphatic rings. The standard InChI is InChI=1S/C27H28N2O6/c30-26(19-34-21-10-11-23-25(17-21)33-16-15-32-23)29-13-4-1-5-14-31-22-8-2-3-9-24(22)35-27-20(18-29)7-6-12-28-27/h2-3,6-12,17H,1,4-5,13-16,18-19H2. The van der Waals surface area contributed by atoms with Gasteiger partial charge in [-0.25, -0.2) is 4.98 Å². The first kappa shape index (κ1) is 22.8. The maximum Gasteiger partial charge on any atom is 0.260 e. The number of carbonyl (C=O) groups excluding carboxylic acids is 1. The molecular formula is C27H28N2O6. The molecule has 0 aliphatic carbocycles. The summed E-state index contributed by atoms with van der Waals surface area (Å²) in [7, 11) is 0. The number of carbonyl (C=O) groups is 1. The molecule has 5 rings (SSSR count). The lowest BCUT2D eigenvalue weighted by Crippen LogP contribution is -2.35. The second kappa shape index (κ2) is 11.0. The van der Waals surface area contributed by atoms with E-state index in [1.165, 1.54) is 0 Å². The van der Waals surface area contributed by atoms with Crippen LogP contribution in [0, 0.1) is 0 Å². The first-order valence-corrected chi connectivity index (χ1v) is 11.9. The van der Waals surface area contributed by atoms with Crippen molar-refractivity contribution in [2.45, 2.75) is 25.8 Å². The molecule has 0 radical (unpaired) electrons. The Labute approximate surface area is 204 Å². The Hall–Kier alpha value is -3.94. The maximum absolute atomic E-state index is 13.2. The third-order valence-electron chi connectivity index (χ3n) is 5.83. The van der Waals surface area contributed by atoms with Crippen molar-refractivity contribution in [3.05, 3.63) is 66.4 Å². The van der Waals surface area contributed by atoms with Crippen molar-refractivity contribution in [2.24, 2.45) is 0 Å². The van der Waals surface area contributed by atoms with Crippen LogP contribution in [0.3, 0.4) is 0 Å². The van der Waals surface area contributed by atoms with Gasteiger partial charge in [0.25, 0.3) is 5.91 Å². The average Bonchev–Trinajstić information content (AvgIpc) is 2.91. The second-order valence-electron chi connectivity index (χ2n) is 8.34. The van der Waals surface area contributed by atoms with Crippen molar-refractivity contribution in [2.75, 3.05) is 33.0 Å². The largest absolute Gasteiger partial charge is 0.490 e. The molecule has 0 saturated carbocycles. The summed E-state index contributed by atoms with van der Waals surface area (Å²) in [6, 6.07) is 16.7. The highest BCUT2D eigenvalue weighted by molar-refractivity contribution is 5.78. The Morgan fingerprint density at radius 2 is 1.66 bits per heavy atom. The number of ether oxygens (including phenoxy) is 5. The molecular weight excluding hydrogens is 448 g/mol. The molecule has 0 atom stereocenters. The fraction of sp³-hybridized carbons (Fsp3) is 0.333. The van der Waals surface area contributed by atoms with Gasteiger partial charge < -0.3 is 28.6 Å². The topological polar surface area (TPSA) is 79.4 Å². The van der Waals surface area contributed by atoms with Crippen LogP contribution >= 0.6 is 0 Å². The lowest BCUT2D eigenvalue weighted by Gasteiger charge is -2.24. The lowest BCUT2D eigenvalue weighted by molar-refractivity contribution is -0.134. The van der Waals surface area contributed by atoms with Crippen LogP contribution in [0.1, 0.15) is 24.8 Å². The summed E-state index contributed by atoms with van der Waals surface area (Å²) in [4.78, 5) is 19.4. The normalized spacial score (nSPS) is 15.6. The predicted octanol–water partition coefficient (Wildman–Crippen LogP) is 4.62. The molecule has 8 heteroatoms. The van der Waals surface area contributed by atoms with Crippen LogP contribution in [0.5, 0.6) is 34.6 Å². The fourth-order valence-corrected chi connectivity index (χ4v) is 4.01. The highest BCUT2D eigenvalue weighted by Gasteiger charge is 2.20. The van der Waals surface area contributed by atoms with Gasteiger partial charge in [-0.2, -0.15) is 0 Å². The van der Waals surface area contributed by atoms with Crippen molar-refractivity contribution in [3.8, 4) is 34.6 Å². The van der Waals surface area contributed by atoms with E-state index in [1.807, 2.05) is 36.4 Å². The van der Waals surface area contributed by atoms with E-state index in [-0.39, 0.29) is 12.5 Å². The summed E-state index contributed by atoms with van der Waals surface area (Å²) < 4.78 is 29.1. The van der Waals surface area contributed by atoms with Crippen molar-refractivity contribution < 1.29 is 28.5 Å².